The number of aryl methyl sites for hydroxylation is 3. The monoisotopic (exact) mass is 1680 g/mol. The average Bonchev–Trinajstić information content (AvgIpc) is 1.64. The van der Waals surface area contributed by atoms with Crippen molar-refractivity contribution in [1.82, 2.24) is 59.1 Å². The van der Waals surface area contributed by atoms with Crippen molar-refractivity contribution in [2.75, 3.05) is 175 Å². The van der Waals surface area contributed by atoms with Gasteiger partial charge in [0.2, 0.25) is 0 Å². The predicted molar refractivity (Wildman–Crippen MR) is 478 cm³/mol. The number of hydrogen-bond acceptors (Lipinski definition) is 20. The summed E-state index contributed by atoms with van der Waals surface area (Å²) in [5, 5.41) is 5.94. The molecule has 8 heterocycles. The smallest absolute Gasteiger partial charge is 0.287 e. The zero-order valence-corrected chi connectivity index (χ0v) is 73.8. The van der Waals surface area contributed by atoms with Crippen LogP contribution < -0.4 is 53.8 Å². The maximum Gasteiger partial charge on any atom is 0.287 e. The molecule has 0 aliphatic carbocycles. The van der Waals surface area contributed by atoms with E-state index in [-0.39, 0.29) is 47.7 Å². The number of amides is 5. The quantitative estimate of drug-likeness (QED) is 0.0356. The Bertz CT molecular complexity index is 5090. The predicted octanol–water partition coefficient (Wildman–Crippen LogP) is 12.8. The number of imidazole rings is 2. The molecular formula is C96H123N15O12. The highest BCUT2D eigenvalue weighted by molar-refractivity contribution is 6.02. The van der Waals surface area contributed by atoms with Gasteiger partial charge in [0.05, 0.1) is 73.7 Å². The summed E-state index contributed by atoms with van der Waals surface area (Å²) < 4.78 is 42.8. The molecule has 3 saturated heterocycles. The summed E-state index contributed by atoms with van der Waals surface area (Å²) in [6.07, 6.45) is 11.0. The van der Waals surface area contributed by atoms with Gasteiger partial charge < -0.3 is 97.0 Å². The number of benzene rings is 7. The molecule has 654 valence electrons. The average molecular weight is 1680 g/mol. The molecule has 2 N–H and O–H groups in total. The summed E-state index contributed by atoms with van der Waals surface area (Å²) in [4.78, 5) is 95.8. The van der Waals surface area contributed by atoms with Crippen LogP contribution in [-0.4, -0.2) is 239 Å². The Morgan fingerprint density at radius 1 is 0.439 bits per heavy atom. The third-order valence-electron chi connectivity index (χ3n) is 24.9. The fourth-order valence-corrected chi connectivity index (χ4v) is 17.9. The lowest BCUT2D eigenvalue weighted by molar-refractivity contribution is 0.0658. The summed E-state index contributed by atoms with van der Waals surface area (Å²) in [5.41, 5.74) is 15.0. The van der Waals surface area contributed by atoms with Crippen molar-refractivity contribution >= 4 is 46.6 Å². The molecule has 123 heavy (non-hydrogen) atoms. The number of likely N-dealkylation sites (N-methyl/N-ethyl adjacent to an activating group) is 3. The van der Waals surface area contributed by atoms with Crippen molar-refractivity contribution in [3.63, 3.8) is 0 Å². The SMILES string of the molecule is CCN1CCN(c2cccc3c2CN([C@H](CCCNC(=O)c2cn(C)cn2)c2ccc(OC)c(OC)c2)C3=O)CC1.CCN1CCN(c2cccc3c2CN([C@H](CCCNC(=O)c2nccn2C)c2ccc(OC)c(OC)c2)C3=O)CC1.CCN1CCN(c2cccc3c2CN([C@H](CCCOCc2cccc(C)c2)c2ccc(OC)c(OC)c2)C3=O)CC1. The minimum Gasteiger partial charge on any atom is -0.493 e. The van der Waals surface area contributed by atoms with Crippen molar-refractivity contribution in [3.05, 3.63) is 231 Å². The van der Waals surface area contributed by atoms with Crippen LogP contribution in [-0.2, 0) is 45.1 Å². The standard InChI is InChI=1S/C34H43N3O4.2C31H40N6O4/c1-5-35-16-18-36(19-17-35)31-12-7-11-28-29(31)23-37(34(28)38)30(27-14-15-32(39-3)33(22-27)40-4)13-8-20-41-24-26-10-6-9-25(2)21-26;1-5-35-14-16-36(17-15-35)27-9-6-8-23-24(27)19-37(31(23)39)26(22-11-12-28(40-3)29(18-22)41-4)10-7-13-32-30(38)25-20-34(2)21-33-25;1-5-35-16-18-36(19-17-35)26-9-6-8-23-24(26)21-37(31(23)39)25(22-11-12-27(40-3)28(20-22)41-4)10-7-13-33-30(38)29-32-14-15-34(29)2/h6-7,9-12,14-15,21-22,30H,5,8,13,16-20,23-24H2,1-4H3;6,8-9,11-12,18,20-21,26H,5,7,10,13-17,19H2,1-4H3,(H,32,38);6,8-9,11-12,14-15,20,25H,5,7,10,13,16-19,21H2,1-4H3,(H,33,38)/t30-;26-;25-/m111/s1. The minimum atomic E-state index is -0.211. The Morgan fingerprint density at radius 2 is 0.821 bits per heavy atom. The first-order chi connectivity index (χ1) is 59.9. The molecule has 3 atom stereocenters. The topological polar surface area (TPSA) is 239 Å². The van der Waals surface area contributed by atoms with Crippen molar-refractivity contribution in [1.29, 1.82) is 0 Å². The number of nitrogens with one attached hydrogen (secondary N) is 2. The number of methoxy groups -OCH3 is 6. The fourth-order valence-electron chi connectivity index (χ4n) is 17.9. The van der Waals surface area contributed by atoms with Crippen LogP contribution in [0.5, 0.6) is 34.5 Å². The zero-order valence-electron chi connectivity index (χ0n) is 73.8. The molecule has 6 aliphatic heterocycles. The molecule has 0 bridgehead atoms. The highest BCUT2D eigenvalue weighted by atomic mass is 16.5. The molecule has 9 aromatic rings. The molecule has 3 fully saturated rings. The number of carbonyl (C=O) groups is 5. The lowest BCUT2D eigenvalue weighted by atomic mass is 9.99. The third kappa shape index (κ3) is 21.0. The molecule has 5 amide bonds. The number of ether oxygens (including phenoxy) is 7. The van der Waals surface area contributed by atoms with Crippen molar-refractivity contribution in [2.24, 2.45) is 14.1 Å². The van der Waals surface area contributed by atoms with Crippen LogP contribution in [0.15, 0.2) is 158 Å². The number of piperazine rings is 3. The number of rotatable bonds is 34. The van der Waals surface area contributed by atoms with Crippen molar-refractivity contribution in [3.8, 4) is 34.5 Å². The van der Waals surface area contributed by atoms with Gasteiger partial charge in [-0.25, -0.2) is 9.97 Å². The van der Waals surface area contributed by atoms with Crippen LogP contribution in [0.3, 0.4) is 0 Å². The van der Waals surface area contributed by atoms with E-state index in [0.717, 1.165) is 172 Å². The Hall–Kier alpha value is -11.7. The van der Waals surface area contributed by atoms with Crippen LogP contribution >= 0.6 is 0 Å². The van der Waals surface area contributed by atoms with E-state index in [9.17, 15) is 24.0 Å². The molecule has 0 radical (unpaired) electrons. The molecule has 15 rings (SSSR count). The van der Waals surface area contributed by atoms with E-state index in [1.807, 2.05) is 107 Å². The van der Waals surface area contributed by atoms with Gasteiger partial charge in [-0.05, 0) is 160 Å². The molecule has 0 unspecified atom stereocenters. The summed E-state index contributed by atoms with van der Waals surface area (Å²) in [7, 11) is 13.4. The Morgan fingerprint density at radius 3 is 1.17 bits per heavy atom. The van der Waals surface area contributed by atoms with Gasteiger partial charge in [-0.3, -0.25) is 24.0 Å². The maximum atomic E-state index is 13.9. The van der Waals surface area contributed by atoms with Crippen LogP contribution in [0, 0.1) is 6.92 Å². The molecule has 7 aromatic carbocycles. The van der Waals surface area contributed by atoms with E-state index < -0.39 is 0 Å². The molecule has 2 aromatic heterocycles. The highest BCUT2D eigenvalue weighted by Gasteiger charge is 2.41. The summed E-state index contributed by atoms with van der Waals surface area (Å²) >= 11 is 0. The van der Waals surface area contributed by atoms with Crippen LogP contribution in [0.1, 0.15) is 174 Å². The van der Waals surface area contributed by atoms with Gasteiger partial charge in [0, 0.05) is 201 Å². The van der Waals surface area contributed by atoms with Gasteiger partial charge >= 0.3 is 0 Å². The van der Waals surface area contributed by atoms with E-state index in [1.54, 1.807) is 83.8 Å². The molecule has 6 aliphatic rings. The van der Waals surface area contributed by atoms with E-state index in [2.05, 4.69) is 126 Å². The Kier molecular flexibility index (Phi) is 30.7. The second kappa shape index (κ2) is 42.4. The molecular weight excluding hydrogens is 1560 g/mol. The van der Waals surface area contributed by atoms with Gasteiger partial charge in [0.25, 0.3) is 29.5 Å². The van der Waals surface area contributed by atoms with Gasteiger partial charge in [-0.15, -0.1) is 0 Å². The van der Waals surface area contributed by atoms with Crippen molar-refractivity contribution < 1.29 is 57.1 Å². The van der Waals surface area contributed by atoms with Gasteiger partial charge in [-0.2, -0.15) is 0 Å². The second-order valence-electron chi connectivity index (χ2n) is 32.1. The normalized spacial score (nSPS) is 16.1. The van der Waals surface area contributed by atoms with E-state index in [0.29, 0.717) is 118 Å². The lowest BCUT2D eigenvalue weighted by Crippen LogP contribution is -2.46. The number of fused-ring (bicyclic) bond motifs is 3. The fraction of sp³-hybridized carbons (Fsp3) is 0.448. The molecule has 27 nitrogen and oxygen atoms in total. The second-order valence-corrected chi connectivity index (χ2v) is 32.1. The van der Waals surface area contributed by atoms with Crippen LogP contribution in [0.25, 0.3) is 0 Å². The number of carbonyl (C=O) groups excluding carboxylic acids is 5. The highest BCUT2D eigenvalue weighted by Crippen LogP contribution is 2.45. The number of aromatic nitrogens is 4. The van der Waals surface area contributed by atoms with Gasteiger partial charge in [0.1, 0.15) is 5.69 Å². The zero-order chi connectivity index (χ0) is 86.6. The van der Waals surface area contributed by atoms with Crippen LogP contribution in [0.4, 0.5) is 17.1 Å². The molecule has 27 heteroatoms. The Labute approximate surface area is 724 Å². The third-order valence-corrected chi connectivity index (χ3v) is 24.9. The minimum absolute atomic E-state index is 0.0332. The molecule has 0 saturated carbocycles. The van der Waals surface area contributed by atoms with Gasteiger partial charge in [-0.1, -0.05) is 87.0 Å². The Balaban J connectivity index is 0.000000159. The van der Waals surface area contributed by atoms with Crippen LogP contribution in [0.2, 0.25) is 0 Å². The van der Waals surface area contributed by atoms with E-state index >= 15 is 0 Å². The number of anilines is 3. The van der Waals surface area contributed by atoms with E-state index in [4.69, 9.17) is 33.2 Å². The maximum absolute atomic E-state index is 13.9. The summed E-state index contributed by atoms with van der Waals surface area (Å²) in [6.45, 7) is 27.7. The van der Waals surface area contributed by atoms with Crippen molar-refractivity contribution in [2.45, 2.75) is 111 Å². The number of nitrogens with zero attached hydrogens (tertiary/aromatic N) is 13. The lowest BCUT2D eigenvalue weighted by Gasteiger charge is -2.36. The summed E-state index contributed by atoms with van der Waals surface area (Å²) in [5.74, 6) is 4.00. The summed E-state index contributed by atoms with van der Waals surface area (Å²) in [6, 6.07) is 44.0. The first kappa shape index (κ1) is 89.1. The van der Waals surface area contributed by atoms with Gasteiger partial charge in [0.15, 0.2) is 40.3 Å². The first-order valence-corrected chi connectivity index (χ1v) is 43.4. The van der Waals surface area contributed by atoms with E-state index in [1.165, 1.54) is 16.8 Å². The molecule has 0 spiro atoms. The number of hydrogen-bond donors (Lipinski definition) is 2. The largest absolute Gasteiger partial charge is 0.493 e. The first-order valence-electron chi connectivity index (χ1n) is 43.4.